The molecule has 16 nitrogen and oxygen atoms in total. The first-order valence-corrected chi connectivity index (χ1v) is 27.0. The maximum absolute atomic E-state index is 13.8. The van der Waals surface area contributed by atoms with Gasteiger partial charge in [-0.05, 0) is 170 Å². The van der Waals surface area contributed by atoms with Crippen LogP contribution in [0.25, 0.3) is 0 Å². The highest BCUT2D eigenvalue weighted by Crippen LogP contribution is 2.60. The smallest absolute Gasteiger partial charge is 0.330 e. The number of allylic oxidation sites excluding steroid dienone is 1. The van der Waals surface area contributed by atoms with Gasteiger partial charge in [-0.2, -0.15) is 10.5 Å². The molecular weight excluding hydrogens is 1000 g/mol. The summed E-state index contributed by atoms with van der Waals surface area (Å²) in [4.78, 5) is 76.9. The fourth-order valence-electron chi connectivity index (χ4n) is 8.61. The minimum atomic E-state index is -0.495. The zero-order valence-electron chi connectivity index (χ0n) is 42.1. The Labute approximate surface area is 446 Å². The minimum absolute atomic E-state index is 0.131. The first kappa shape index (κ1) is 57.3. The average Bonchev–Trinajstić information content (AvgIpc) is 3.88. The summed E-state index contributed by atoms with van der Waals surface area (Å²) < 4.78 is 45.4. The number of thioether (sulfide) groups is 2. The number of aryl methyl sites for hydroxylation is 1. The lowest BCUT2D eigenvalue weighted by atomic mass is 9.82. The van der Waals surface area contributed by atoms with Gasteiger partial charge in [0, 0.05) is 12.2 Å². The summed E-state index contributed by atoms with van der Waals surface area (Å²) >= 11 is 2.20. The molecule has 0 saturated heterocycles. The number of nitriles is 2. The lowest BCUT2D eigenvalue weighted by Gasteiger charge is -2.27. The van der Waals surface area contributed by atoms with E-state index in [1.807, 2.05) is 12.1 Å². The van der Waals surface area contributed by atoms with Crippen LogP contribution in [0.2, 0.25) is 0 Å². The predicted molar refractivity (Wildman–Crippen MR) is 278 cm³/mol. The standard InChI is InChI=1S/C57H62N2O14S2/c1-4-48(60)68-32-12-8-6-10-30-66-43-22-26-45(27-23-43)70-53(62)38-14-18-40(19-15-38)55(64)72-47-34-37(3)50(52-51(47)74-57(75-52)42(35-58)36-59)73-56(65)41-20-16-39(17-21-41)54(63)71-46-28-24-44(25-29-46)67-31-11-7-9-13-33-69-49(61)5-2/h4-5,22-29,34,38-41H,1-2,6-21,30-33H2,3H3. The zero-order valence-corrected chi connectivity index (χ0v) is 43.8. The minimum Gasteiger partial charge on any atom is -0.494 e. The van der Waals surface area contributed by atoms with Crippen molar-refractivity contribution < 1.29 is 66.7 Å². The van der Waals surface area contributed by atoms with E-state index in [0.717, 1.165) is 87.0 Å². The zero-order chi connectivity index (χ0) is 53.5. The first-order valence-electron chi connectivity index (χ1n) is 25.4. The summed E-state index contributed by atoms with van der Waals surface area (Å²) in [5.74, 6) is -1.83. The largest absolute Gasteiger partial charge is 0.494 e. The Morgan fingerprint density at radius 3 is 1.28 bits per heavy atom. The number of carbonyl (C=O) groups excluding carboxylic acids is 6. The summed E-state index contributed by atoms with van der Waals surface area (Å²) in [6.07, 6.45) is 12.4. The number of benzene rings is 3. The highest BCUT2D eigenvalue weighted by molar-refractivity contribution is 8.24. The van der Waals surface area contributed by atoms with E-state index in [0.29, 0.717) is 120 Å². The molecule has 0 atom stereocenters. The summed E-state index contributed by atoms with van der Waals surface area (Å²) in [5.41, 5.74) is 0.376. The molecular formula is C57H62N2O14S2. The van der Waals surface area contributed by atoms with Crippen LogP contribution in [-0.2, 0) is 38.2 Å². The average molecular weight is 1060 g/mol. The lowest BCUT2D eigenvalue weighted by molar-refractivity contribution is -0.145. The molecule has 0 radical (unpaired) electrons. The van der Waals surface area contributed by atoms with Crippen molar-refractivity contribution in [3.8, 4) is 46.6 Å². The quantitative estimate of drug-likeness (QED) is 0.0239. The molecule has 1 heterocycles. The Balaban J connectivity index is 0.943. The number of fused-ring (bicyclic) bond motifs is 1. The second-order valence-corrected chi connectivity index (χ2v) is 20.6. The van der Waals surface area contributed by atoms with Crippen molar-refractivity contribution in [3.63, 3.8) is 0 Å². The number of hydrogen-bond acceptors (Lipinski definition) is 18. The molecule has 0 unspecified atom stereocenters. The maximum atomic E-state index is 13.8. The molecule has 2 saturated carbocycles. The monoisotopic (exact) mass is 1060 g/mol. The van der Waals surface area contributed by atoms with Gasteiger partial charge in [0.15, 0.2) is 0 Å². The number of ether oxygens (including phenoxy) is 8. The normalized spacial score (nSPS) is 17.6. The van der Waals surface area contributed by atoms with Crippen LogP contribution in [0, 0.1) is 53.3 Å². The highest BCUT2D eigenvalue weighted by Gasteiger charge is 2.37. The Bertz CT molecular complexity index is 2620. The molecule has 2 aliphatic carbocycles. The van der Waals surface area contributed by atoms with Crippen LogP contribution in [0.5, 0.6) is 34.5 Å². The molecule has 0 aromatic heterocycles. The van der Waals surface area contributed by atoms with E-state index in [4.69, 9.17) is 37.9 Å². The van der Waals surface area contributed by atoms with Crippen molar-refractivity contribution in [2.75, 3.05) is 26.4 Å². The van der Waals surface area contributed by atoms with E-state index in [1.165, 1.54) is 0 Å². The number of unbranched alkanes of at least 4 members (excludes halogenated alkanes) is 6. The van der Waals surface area contributed by atoms with Crippen LogP contribution in [0.4, 0.5) is 0 Å². The van der Waals surface area contributed by atoms with Crippen molar-refractivity contribution in [2.24, 2.45) is 23.7 Å². The second kappa shape index (κ2) is 29.8. The molecule has 0 N–H and O–H groups in total. The molecule has 1 aliphatic heterocycles. The van der Waals surface area contributed by atoms with Crippen molar-refractivity contribution >= 4 is 59.3 Å². The number of hydrogen-bond donors (Lipinski definition) is 0. The van der Waals surface area contributed by atoms with Gasteiger partial charge in [0.2, 0.25) is 0 Å². The molecule has 0 amide bonds. The lowest BCUT2D eigenvalue weighted by Crippen LogP contribution is -2.31. The molecule has 396 valence electrons. The Hall–Kier alpha value is -7.02. The number of esters is 6. The molecule has 0 spiro atoms. The molecule has 3 aliphatic rings. The SMILES string of the molecule is C=CC(=O)OCCCCCCOc1ccc(OC(=O)C2CCC(C(=O)Oc3cc(C)c(OC(=O)C4CCC(C(=O)Oc5ccc(OCCCCCCOC(=O)C=C)cc5)CC4)c4c3SC(=C(C#N)C#N)S4)CC2)cc1. The van der Waals surface area contributed by atoms with Crippen LogP contribution in [0.3, 0.4) is 0 Å². The van der Waals surface area contributed by atoms with Crippen LogP contribution < -0.4 is 28.4 Å². The molecule has 3 aromatic rings. The van der Waals surface area contributed by atoms with Gasteiger partial charge < -0.3 is 37.9 Å². The van der Waals surface area contributed by atoms with Gasteiger partial charge in [0.05, 0.1) is 64.1 Å². The van der Waals surface area contributed by atoms with Gasteiger partial charge in [-0.25, -0.2) is 9.59 Å². The molecule has 6 rings (SSSR count). The Morgan fingerprint density at radius 1 is 0.520 bits per heavy atom. The van der Waals surface area contributed by atoms with E-state index < -0.39 is 47.5 Å². The Kier molecular flexibility index (Phi) is 22.7. The van der Waals surface area contributed by atoms with Gasteiger partial charge in [0.1, 0.15) is 52.2 Å². The summed E-state index contributed by atoms with van der Waals surface area (Å²) in [7, 11) is 0. The van der Waals surface area contributed by atoms with Gasteiger partial charge >= 0.3 is 35.8 Å². The first-order chi connectivity index (χ1) is 36.4. The summed E-state index contributed by atoms with van der Waals surface area (Å²) in [5, 5.41) is 19.5. The van der Waals surface area contributed by atoms with Crippen LogP contribution >= 0.6 is 23.5 Å². The van der Waals surface area contributed by atoms with Gasteiger partial charge in [0.25, 0.3) is 0 Å². The number of carbonyl (C=O) groups is 6. The third-order valence-electron chi connectivity index (χ3n) is 12.9. The van der Waals surface area contributed by atoms with E-state index in [2.05, 4.69) is 13.2 Å². The van der Waals surface area contributed by atoms with Crippen molar-refractivity contribution in [2.45, 2.75) is 119 Å². The number of rotatable bonds is 26. The third-order valence-corrected chi connectivity index (χ3v) is 15.5. The maximum Gasteiger partial charge on any atom is 0.330 e. The van der Waals surface area contributed by atoms with Gasteiger partial charge in [-0.3, -0.25) is 19.2 Å². The van der Waals surface area contributed by atoms with E-state index in [1.54, 1.807) is 61.5 Å². The number of nitrogens with zero attached hydrogens (tertiary/aromatic N) is 2. The third kappa shape index (κ3) is 17.5. The van der Waals surface area contributed by atoms with Gasteiger partial charge in [-0.15, -0.1) is 0 Å². The van der Waals surface area contributed by atoms with Crippen molar-refractivity contribution in [1.29, 1.82) is 10.5 Å². The van der Waals surface area contributed by atoms with Gasteiger partial charge in [-0.1, -0.05) is 36.7 Å². The molecule has 2 fully saturated rings. The van der Waals surface area contributed by atoms with Crippen LogP contribution in [-0.4, -0.2) is 62.2 Å². The molecule has 3 aromatic carbocycles. The fourth-order valence-corrected chi connectivity index (χ4v) is 11.2. The van der Waals surface area contributed by atoms with Crippen LogP contribution in [0.15, 0.2) is 99.5 Å². The fraction of sp³-hybridized carbons (Fsp3) is 0.439. The van der Waals surface area contributed by atoms with Crippen LogP contribution in [0.1, 0.15) is 108 Å². The summed E-state index contributed by atoms with van der Waals surface area (Å²) in [6, 6.07) is 19.1. The summed E-state index contributed by atoms with van der Waals surface area (Å²) in [6.45, 7) is 10.2. The topological polar surface area (TPSA) is 224 Å². The highest BCUT2D eigenvalue weighted by atomic mass is 32.2. The van der Waals surface area contributed by atoms with E-state index >= 15 is 0 Å². The molecule has 75 heavy (non-hydrogen) atoms. The molecule has 18 heteroatoms. The second-order valence-electron chi connectivity index (χ2n) is 18.3. The molecule has 0 bridgehead atoms. The van der Waals surface area contributed by atoms with Crippen molar-refractivity contribution in [3.05, 3.63) is 95.3 Å². The predicted octanol–water partition coefficient (Wildman–Crippen LogP) is 11.4. The van der Waals surface area contributed by atoms with E-state index in [-0.39, 0.29) is 29.0 Å². The Morgan fingerprint density at radius 2 is 0.880 bits per heavy atom. The van der Waals surface area contributed by atoms with Crippen molar-refractivity contribution in [1.82, 2.24) is 0 Å². The van der Waals surface area contributed by atoms with E-state index in [9.17, 15) is 39.3 Å².